The van der Waals surface area contributed by atoms with Crippen molar-refractivity contribution in [3.8, 4) is 5.75 Å². The van der Waals surface area contributed by atoms with Crippen LogP contribution in [-0.2, 0) is 18.4 Å². The molecule has 1 aromatic heterocycles. The van der Waals surface area contributed by atoms with E-state index in [1.165, 1.54) is 0 Å². The fourth-order valence-corrected chi connectivity index (χ4v) is 3.55. The number of ether oxygens (including phenoxy) is 1. The molecule has 0 spiro atoms. The number of carbonyl (C=O) groups excluding carboxylic acids is 3. The number of urea groups is 1. The van der Waals surface area contributed by atoms with Crippen LogP contribution in [0.15, 0.2) is 60.9 Å². The number of aromatic nitrogens is 2. The largest absolute Gasteiger partial charge is 0.497 e. The Kier molecular flexibility index (Phi) is 5.89. The van der Waals surface area contributed by atoms with Gasteiger partial charge in [-0.25, -0.2) is 9.78 Å². The van der Waals surface area contributed by atoms with Crippen molar-refractivity contribution in [3.63, 3.8) is 0 Å². The molecule has 0 unspecified atom stereocenters. The van der Waals surface area contributed by atoms with Gasteiger partial charge in [-0.05, 0) is 35.4 Å². The summed E-state index contributed by atoms with van der Waals surface area (Å²) in [5, 5.41) is 5.53. The zero-order valence-corrected chi connectivity index (χ0v) is 17.7. The van der Waals surface area contributed by atoms with E-state index in [-0.39, 0.29) is 24.9 Å². The predicted octanol–water partition coefficient (Wildman–Crippen LogP) is 2.00. The minimum atomic E-state index is -0.483. The van der Waals surface area contributed by atoms with Gasteiger partial charge in [0.2, 0.25) is 5.91 Å². The Hall–Kier alpha value is -4.14. The zero-order valence-electron chi connectivity index (χ0n) is 17.7. The first-order valence-electron chi connectivity index (χ1n) is 10.1. The van der Waals surface area contributed by atoms with Crippen LogP contribution in [0.25, 0.3) is 0 Å². The number of imide groups is 1. The quantitative estimate of drug-likeness (QED) is 0.555. The van der Waals surface area contributed by atoms with E-state index in [0.29, 0.717) is 17.1 Å². The van der Waals surface area contributed by atoms with Gasteiger partial charge in [-0.1, -0.05) is 24.3 Å². The molecule has 2 N–H and O–H groups in total. The zero-order chi connectivity index (χ0) is 22.7. The van der Waals surface area contributed by atoms with Crippen LogP contribution in [0.2, 0.25) is 0 Å². The van der Waals surface area contributed by atoms with Gasteiger partial charge in [0.05, 0.1) is 20.2 Å². The molecular weight excluding hydrogens is 410 g/mol. The number of hydrogen-bond acceptors (Lipinski definition) is 5. The van der Waals surface area contributed by atoms with Gasteiger partial charge in [0.15, 0.2) is 0 Å². The average molecular weight is 433 g/mol. The highest BCUT2D eigenvalue weighted by Crippen LogP contribution is 2.24. The maximum Gasteiger partial charge on any atom is 0.324 e. The van der Waals surface area contributed by atoms with Crippen LogP contribution in [0.4, 0.5) is 4.79 Å². The summed E-state index contributed by atoms with van der Waals surface area (Å²) < 4.78 is 7.18. The monoisotopic (exact) mass is 433 g/mol. The van der Waals surface area contributed by atoms with Crippen LogP contribution in [0.1, 0.15) is 33.4 Å². The minimum absolute atomic E-state index is 0.0121. The van der Waals surface area contributed by atoms with Crippen molar-refractivity contribution in [3.05, 3.63) is 83.4 Å². The van der Waals surface area contributed by atoms with Crippen LogP contribution < -0.4 is 15.4 Å². The SMILES string of the molecule is COc1cccc([C@@H](NC(=O)c2ccc(CN3C(=O)CNC3=O)cc2)c2nccn2C)c1. The van der Waals surface area contributed by atoms with Gasteiger partial charge >= 0.3 is 6.03 Å². The second kappa shape index (κ2) is 8.93. The van der Waals surface area contributed by atoms with Gasteiger partial charge in [-0.3, -0.25) is 14.5 Å². The lowest BCUT2D eigenvalue weighted by Gasteiger charge is -2.20. The third-order valence-corrected chi connectivity index (χ3v) is 5.31. The smallest absolute Gasteiger partial charge is 0.324 e. The lowest BCUT2D eigenvalue weighted by Crippen LogP contribution is -2.31. The van der Waals surface area contributed by atoms with Crippen molar-refractivity contribution in [1.29, 1.82) is 0 Å². The fourth-order valence-electron chi connectivity index (χ4n) is 3.55. The van der Waals surface area contributed by atoms with Crippen LogP contribution in [0.3, 0.4) is 0 Å². The third-order valence-electron chi connectivity index (χ3n) is 5.31. The molecule has 3 aromatic rings. The summed E-state index contributed by atoms with van der Waals surface area (Å²) in [4.78, 5) is 42.1. The summed E-state index contributed by atoms with van der Waals surface area (Å²) in [5.41, 5.74) is 2.04. The molecule has 164 valence electrons. The first-order chi connectivity index (χ1) is 15.5. The molecule has 1 fully saturated rings. The summed E-state index contributed by atoms with van der Waals surface area (Å²) in [5.74, 6) is 0.818. The standard InChI is InChI=1S/C23H23N5O4/c1-27-11-10-24-21(27)20(17-4-3-5-18(12-17)32-2)26-22(30)16-8-6-15(7-9-16)14-28-19(29)13-25-23(28)31/h3-12,20H,13-14H2,1-2H3,(H,25,31)(H,26,30)/t20-/m1/s1. The van der Waals surface area contributed by atoms with E-state index >= 15 is 0 Å². The lowest BCUT2D eigenvalue weighted by molar-refractivity contribution is -0.125. The highest BCUT2D eigenvalue weighted by atomic mass is 16.5. The van der Waals surface area contributed by atoms with Crippen molar-refractivity contribution >= 4 is 17.8 Å². The fraction of sp³-hybridized carbons (Fsp3) is 0.217. The Morgan fingerprint density at radius 1 is 1.22 bits per heavy atom. The molecule has 1 aliphatic heterocycles. The molecule has 1 atom stereocenters. The van der Waals surface area contributed by atoms with E-state index < -0.39 is 12.1 Å². The molecule has 0 aliphatic carbocycles. The Morgan fingerprint density at radius 2 is 2.00 bits per heavy atom. The number of aryl methyl sites for hydroxylation is 1. The number of benzene rings is 2. The predicted molar refractivity (Wildman–Crippen MR) is 116 cm³/mol. The first-order valence-corrected chi connectivity index (χ1v) is 10.1. The molecule has 0 bridgehead atoms. The van der Waals surface area contributed by atoms with E-state index in [9.17, 15) is 14.4 Å². The first kappa shape index (κ1) is 21.1. The molecule has 2 aromatic carbocycles. The maximum absolute atomic E-state index is 13.0. The highest BCUT2D eigenvalue weighted by Gasteiger charge is 2.28. The molecule has 0 radical (unpaired) electrons. The molecule has 0 saturated carbocycles. The number of hydrogen-bond donors (Lipinski definition) is 2. The Bertz CT molecular complexity index is 1140. The molecule has 4 rings (SSSR count). The van der Waals surface area contributed by atoms with Crippen molar-refractivity contribution in [1.82, 2.24) is 25.1 Å². The van der Waals surface area contributed by atoms with Crippen molar-refractivity contribution in [2.75, 3.05) is 13.7 Å². The molecule has 2 heterocycles. The summed E-state index contributed by atoms with van der Waals surface area (Å²) >= 11 is 0. The minimum Gasteiger partial charge on any atom is -0.497 e. The molecule has 32 heavy (non-hydrogen) atoms. The van der Waals surface area contributed by atoms with Crippen molar-refractivity contribution in [2.24, 2.45) is 7.05 Å². The second-order valence-corrected chi connectivity index (χ2v) is 7.41. The van der Waals surface area contributed by atoms with Crippen molar-refractivity contribution < 1.29 is 19.1 Å². The van der Waals surface area contributed by atoms with E-state index in [1.807, 2.05) is 42.1 Å². The normalized spacial score (nSPS) is 14.2. The van der Waals surface area contributed by atoms with E-state index in [1.54, 1.807) is 37.6 Å². The maximum atomic E-state index is 13.0. The second-order valence-electron chi connectivity index (χ2n) is 7.41. The Labute approximate surface area is 185 Å². The van der Waals surface area contributed by atoms with Gasteiger partial charge in [0.1, 0.15) is 17.6 Å². The summed E-state index contributed by atoms with van der Waals surface area (Å²) in [6.07, 6.45) is 3.50. The van der Waals surface area contributed by atoms with Gasteiger partial charge in [0.25, 0.3) is 5.91 Å². The van der Waals surface area contributed by atoms with Crippen molar-refractivity contribution in [2.45, 2.75) is 12.6 Å². The van der Waals surface area contributed by atoms with E-state index in [0.717, 1.165) is 16.0 Å². The number of amides is 4. The highest BCUT2D eigenvalue weighted by molar-refractivity contribution is 6.01. The third kappa shape index (κ3) is 4.31. The number of nitrogens with one attached hydrogen (secondary N) is 2. The van der Waals surface area contributed by atoms with Crippen LogP contribution in [0, 0.1) is 0 Å². The summed E-state index contributed by atoms with van der Waals surface area (Å²) in [6, 6.07) is 13.4. The molecule has 9 nitrogen and oxygen atoms in total. The van der Waals surface area contributed by atoms with Crippen LogP contribution >= 0.6 is 0 Å². The van der Waals surface area contributed by atoms with Gasteiger partial charge < -0.3 is 19.9 Å². The molecule has 9 heteroatoms. The number of nitrogens with zero attached hydrogens (tertiary/aromatic N) is 3. The van der Waals surface area contributed by atoms with E-state index in [4.69, 9.17) is 4.74 Å². The number of imidazole rings is 1. The Morgan fingerprint density at radius 3 is 2.62 bits per heavy atom. The number of rotatable bonds is 7. The number of carbonyl (C=O) groups is 3. The van der Waals surface area contributed by atoms with Crippen LogP contribution in [0.5, 0.6) is 5.75 Å². The average Bonchev–Trinajstić information content (AvgIpc) is 3.37. The van der Waals surface area contributed by atoms with Gasteiger partial charge in [-0.15, -0.1) is 0 Å². The van der Waals surface area contributed by atoms with Crippen LogP contribution in [-0.4, -0.2) is 46.0 Å². The summed E-state index contributed by atoms with van der Waals surface area (Å²) in [7, 11) is 3.46. The van der Waals surface area contributed by atoms with Gasteiger partial charge in [0, 0.05) is 25.0 Å². The lowest BCUT2D eigenvalue weighted by atomic mass is 10.0. The Balaban J connectivity index is 1.54. The molecular formula is C23H23N5O4. The number of methoxy groups -OCH3 is 1. The molecule has 1 aliphatic rings. The van der Waals surface area contributed by atoms with Gasteiger partial charge in [-0.2, -0.15) is 0 Å². The molecule has 1 saturated heterocycles. The topological polar surface area (TPSA) is 106 Å². The van der Waals surface area contributed by atoms with E-state index in [2.05, 4.69) is 15.6 Å². The molecule has 4 amide bonds. The summed E-state index contributed by atoms with van der Waals surface area (Å²) in [6.45, 7) is 0.171.